The molecule has 3 aromatic rings. The monoisotopic (exact) mass is 298 g/mol. The summed E-state index contributed by atoms with van der Waals surface area (Å²) in [4.78, 5) is 10.1. The summed E-state index contributed by atoms with van der Waals surface area (Å²) in [6.07, 6.45) is 1.79. The number of para-hydroxylation sites is 1. The number of benzene rings is 1. The molecule has 0 saturated heterocycles. The lowest BCUT2D eigenvalue weighted by atomic mass is 10.1. The molecule has 0 aliphatic carbocycles. The molecule has 0 aliphatic rings. The van der Waals surface area contributed by atoms with Crippen LogP contribution >= 0.6 is 11.3 Å². The highest BCUT2D eigenvalue weighted by Gasteiger charge is 2.14. The number of nitrogens with two attached hydrogens (primary N) is 1. The molecule has 2 aromatic heterocycles. The second-order valence-corrected chi connectivity index (χ2v) is 6.39. The largest absolute Gasteiger partial charge is 0.397 e. The normalized spacial score (nSPS) is 12.5. The van der Waals surface area contributed by atoms with Gasteiger partial charge in [-0.1, -0.05) is 12.1 Å². The highest BCUT2D eigenvalue weighted by atomic mass is 32.1. The SMILES string of the molecule is Cc1nc(C)c(C(C)Nc2ccnc3c(N)cccc23)s1. The lowest BCUT2D eigenvalue weighted by molar-refractivity contribution is 0.891. The molecule has 0 radical (unpaired) electrons. The van der Waals surface area contributed by atoms with Crippen molar-refractivity contribution in [1.29, 1.82) is 0 Å². The Balaban J connectivity index is 1.98. The minimum Gasteiger partial charge on any atom is -0.397 e. The van der Waals surface area contributed by atoms with Crippen LogP contribution in [0.2, 0.25) is 0 Å². The molecule has 3 N–H and O–H groups in total. The minimum atomic E-state index is 0.197. The quantitative estimate of drug-likeness (QED) is 0.716. The molecule has 0 fully saturated rings. The summed E-state index contributed by atoms with van der Waals surface area (Å²) in [5.74, 6) is 0. The number of nitrogens with zero attached hydrogens (tertiary/aromatic N) is 2. The van der Waals surface area contributed by atoms with Gasteiger partial charge in [-0.05, 0) is 32.9 Å². The summed E-state index contributed by atoms with van der Waals surface area (Å²) in [6, 6.07) is 8.06. The first-order valence-electron chi connectivity index (χ1n) is 6.90. The summed E-state index contributed by atoms with van der Waals surface area (Å²) in [5.41, 5.74) is 9.68. The van der Waals surface area contributed by atoms with E-state index in [4.69, 9.17) is 5.73 Å². The van der Waals surface area contributed by atoms with E-state index in [2.05, 4.69) is 29.1 Å². The number of hydrogen-bond donors (Lipinski definition) is 2. The fraction of sp³-hybridized carbons (Fsp3) is 0.250. The van der Waals surface area contributed by atoms with Crippen molar-refractivity contribution < 1.29 is 0 Å². The van der Waals surface area contributed by atoms with Gasteiger partial charge >= 0.3 is 0 Å². The number of nitrogen functional groups attached to an aromatic ring is 1. The number of aromatic nitrogens is 2. The van der Waals surface area contributed by atoms with Crippen LogP contribution in [0.1, 0.15) is 28.5 Å². The highest BCUT2D eigenvalue weighted by molar-refractivity contribution is 7.11. The van der Waals surface area contributed by atoms with Crippen molar-refractivity contribution in [3.63, 3.8) is 0 Å². The zero-order valence-electron chi connectivity index (χ0n) is 12.3. The minimum absolute atomic E-state index is 0.197. The number of nitrogens with one attached hydrogen (secondary N) is 1. The Labute approximate surface area is 128 Å². The van der Waals surface area contributed by atoms with Crippen LogP contribution in [0, 0.1) is 13.8 Å². The van der Waals surface area contributed by atoms with E-state index in [9.17, 15) is 0 Å². The predicted octanol–water partition coefficient (Wildman–Crippen LogP) is 4.06. The maximum atomic E-state index is 6.00. The van der Waals surface area contributed by atoms with Crippen molar-refractivity contribution in [3.8, 4) is 0 Å². The second-order valence-electron chi connectivity index (χ2n) is 5.15. The van der Waals surface area contributed by atoms with E-state index in [0.29, 0.717) is 5.69 Å². The summed E-state index contributed by atoms with van der Waals surface area (Å²) in [7, 11) is 0. The molecule has 5 heteroatoms. The van der Waals surface area contributed by atoms with Gasteiger partial charge in [0.15, 0.2) is 0 Å². The third-order valence-corrected chi connectivity index (χ3v) is 4.76. The van der Waals surface area contributed by atoms with Crippen LogP contribution in [0.3, 0.4) is 0 Å². The third kappa shape index (κ3) is 2.56. The zero-order valence-corrected chi connectivity index (χ0v) is 13.2. The average Bonchev–Trinajstić information content (AvgIpc) is 2.79. The van der Waals surface area contributed by atoms with Gasteiger partial charge in [0.2, 0.25) is 0 Å². The van der Waals surface area contributed by atoms with E-state index >= 15 is 0 Å². The molecule has 3 rings (SSSR count). The van der Waals surface area contributed by atoms with Gasteiger partial charge in [0.1, 0.15) is 0 Å². The number of anilines is 2. The Morgan fingerprint density at radius 2 is 2.05 bits per heavy atom. The lowest BCUT2D eigenvalue weighted by Gasteiger charge is -2.16. The number of fused-ring (bicyclic) bond motifs is 1. The van der Waals surface area contributed by atoms with E-state index in [1.807, 2.05) is 31.2 Å². The Bertz CT molecular complexity index is 794. The van der Waals surface area contributed by atoms with Crippen LogP contribution in [0.25, 0.3) is 10.9 Å². The summed E-state index contributed by atoms with van der Waals surface area (Å²) < 4.78 is 0. The van der Waals surface area contributed by atoms with Gasteiger partial charge in [0.05, 0.1) is 27.9 Å². The van der Waals surface area contributed by atoms with Gasteiger partial charge in [-0.15, -0.1) is 11.3 Å². The van der Waals surface area contributed by atoms with Crippen molar-refractivity contribution >= 4 is 33.6 Å². The van der Waals surface area contributed by atoms with Crippen molar-refractivity contribution in [2.24, 2.45) is 0 Å². The van der Waals surface area contributed by atoms with Gasteiger partial charge in [0.25, 0.3) is 0 Å². The first-order chi connectivity index (χ1) is 10.1. The zero-order chi connectivity index (χ0) is 15.0. The molecule has 1 unspecified atom stereocenters. The molecule has 21 heavy (non-hydrogen) atoms. The van der Waals surface area contributed by atoms with Crippen molar-refractivity contribution in [2.45, 2.75) is 26.8 Å². The van der Waals surface area contributed by atoms with E-state index in [0.717, 1.165) is 27.3 Å². The van der Waals surface area contributed by atoms with Gasteiger partial charge < -0.3 is 11.1 Å². The van der Waals surface area contributed by atoms with Crippen LogP contribution in [-0.4, -0.2) is 9.97 Å². The smallest absolute Gasteiger partial charge is 0.0951 e. The maximum absolute atomic E-state index is 6.00. The summed E-state index contributed by atoms with van der Waals surface area (Å²) in [5, 5.41) is 5.70. The average molecular weight is 298 g/mol. The Morgan fingerprint density at radius 1 is 1.24 bits per heavy atom. The van der Waals surface area contributed by atoms with Crippen molar-refractivity contribution in [2.75, 3.05) is 11.1 Å². The first kappa shape index (κ1) is 13.8. The van der Waals surface area contributed by atoms with Gasteiger partial charge in [-0.3, -0.25) is 4.98 Å². The molecule has 1 atom stereocenters. The van der Waals surface area contributed by atoms with Crippen LogP contribution in [-0.2, 0) is 0 Å². The third-order valence-electron chi connectivity index (χ3n) is 3.51. The molecule has 0 saturated carbocycles. The van der Waals surface area contributed by atoms with Crippen LogP contribution in [0.15, 0.2) is 30.5 Å². The Kier molecular flexibility index (Phi) is 3.51. The van der Waals surface area contributed by atoms with Gasteiger partial charge in [0, 0.05) is 22.1 Å². The molecule has 0 spiro atoms. The molecule has 0 aliphatic heterocycles. The lowest BCUT2D eigenvalue weighted by Crippen LogP contribution is -2.07. The van der Waals surface area contributed by atoms with Crippen LogP contribution in [0.5, 0.6) is 0 Å². The summed E-state index contributed by atoms with van der Waals surface area (Å²) in [6.45, 7) is 6.24. The number of rotatable bonds is 3. The van der Waals surface area contributed by atoms with Crippen LogP contribution < -0.4 is 11.1 Å². The Morgan fingerprint density at radius 3 is 2.76 bits per heavy atom. The number of thiazole rings is 1. The summed E-state index contributed by atoms with van der Waals surface area (Å²) >= 11 is 1.74. The van der Waals surface area contributed by atoms with Crippen molar-refractivity contribution in [1.82, 2.24) is 9.97 Å². The first-order valence-corrected chi connectivity index (χ1v) is 7.71. The molecule has 2 heterocycles. The molecule has 108 valence electrons. The highest BCUT2D eigenvalue weighted by Crippen LogP contribution is 2.31. The van der Waals surface area contributed by atoms with Crippen LogP contribution in [0.4, 0.5) is 11.4 Å². The number of aryl methyl sites for hydroxylation is 2. The fourth-order valence-electron chi connectivity index (χ4n) is 2.57. The predicted molar refractivity (Wildman–Crippen MR) is 89.8 cm³/mol. The maximum Gasteiger partial charge on any atom is 0.0951 e. The van der Waals surface area contributed by atoms with E-state index < -0.39 is 0 Å². The van der Waals surface area contributed by atoms with E-state index in [1.54, 1.807) is 17.5 Å². The number of hydrogen-bond acceptors (Lipinski definition) is 5. The van der Waals surface area contributed by atoms with E-state index in [-0.39, 0.29) is 6.04 Å². The molecular weight excluding hydrogens is 280 g/mol. The van der Waals surface area contributed by atoms with E-state index in [1.165, 1.54) is 4.88 Å². The second kappa shape index (κ2) is 5.33. The molecule has 0 bridgehead atoms. The number of pyridine rings is 1. The molecule has 0 amide bonds. The fourth-order valence-corrected chi connectivity index (χ4v) is 3.50. The van der Waals surface area contributed by atoms with Gasteiger partial charge in [-0.25, -0.2) is 4.98 Å². The molecule has 1 aromatic carbocycles. The Hall–Kier alpha value is -2.14. The van der Waals surface area contributed by atoms with Gasteiger partial charge in [-0.2, -0.15) is 0 Å². The molecule has 4 nitrogen and oxygen atoms in total. The molecular formula is C16H18N4S. The topological polar surface area (TPSA) is 63.8 Å². The van der Waals surface area contributed by atoms with Crippen molar-refractivity contribution in [3.05, 3.63) is 46.0 Å². The standard InChI is InChI=1S/C16H18N4S/c1-9-16(21-11(3)19-9)10(2)20-14-7-8-18-15-12(14)5-4-6-13(15)17/h4-8,10H,17H2,1-3H3,(H,18,20).